The summed E-state index contributed by atoms with van der Waals surface area (Å²) in [5.41, 5.74) is 4.38. The Balaban J connectivity index is 1.71. The van der Waals surface area contributed by atoms with E-state index >= 15 is 0 Å². The first kappa shape index (κ1) is 15.3. The Morgan fingerprint density at radius 1 is 1.30 bits per heavy atom. The highest BCUT2D eigenvalue weighted by atomic mass is 16.1. The zero-order chi connectivity index (χ0) is 16.4. The van der Waals surface area contributed by atoms with Crippen molar-refractivity contribution in [1.29, 1.82) is 0 Å². The standard InChI is InChI=1S/C17H21N5O/c1-4-21-11-14(10-19-21)8-9-18-17(23)16-13(3)20-22-12(2)6-5-7-15(16)22/h5-7,10-11H,4,8-9H2,1-3H3,(H,18,23). The van der Waals surface area contributed by atoms with Crippen LogP contribution in [-0.2, 0) is 13.0 Å². The first-order valence-electron chi connectivity index (χ1n) is 7.84. The third-order valence-electron chi connectivity index (χ3n) is 3.96. The lowest BCUT2D eigenvalue weighted by atomic mass is 10.2. The topological polar surface area (TPSA) is 64.2 Å². The van der Waals surface area contributed by atoms with Crippen LogP contribution >= 0.6 is 0 Å². The Morgan fingerprint density at radius 3 is 2.87 bits per heavy atom. The van der Waals surface area contributed by atoms with Gasteiger partial charge in [0.2, 0.25) is 0 Å². The Labute approximate surface area is 135 Å². The van der Waals surface area contributed by atoms with Gasteiger partial charge in [-0.2, -0.15) is 10.2 Å². The third kappa shape index (κ3) is 2.97. The number of carbonyl (C=O) groups excluding carboxylic acids is 1. The van der Waals surface area contributed by atoms with Gasteiger partial charge in [-0.3, -0.25) is 9.48 Å². The number of amides is 1. The number of nitrogens with zero attached hydrogens (tertiary/aromatic N) is 4. The Hall–Kier alpha value is -2.63. The van der Waals surface area contributed by atoms with E-state index in [4.69, 9.17) is 0 Å². The summed E-state index contributed by atoms with van der Waals surface area (Å²) in [7, 11) is 0. The normalized spacial score (nSPS) is 11.1. The van der Waals surface area contributed by atoms with Gasteiger partial charge < -0.3 is 5.32 Å². The molecule has 6 heteroatoms. The van der Waals surface area contributed by atoms with E-state index in [1.165, 1.54) is 0 Å². The van der Waals surface area contributed by atoms with Crippen LogP contribution < -0.4 is 5.32 Å². The molecule has 3 heterocycles. The minimum absolute atomic E-state index is 0.0778. The minimum atomic E-state index is -0.0778. The lowest BCUT2D eigenvalue weighted by molar-refractivity contribution is 0.0955. The molecule has 3 aromatic heterocycles. The zero-order valence-electron chi connectivity index (χ0n) is 13.7. The van der Waals surface area contributed by atoms with Crippen LogP contribution in [-0.4, -0.2) is 31.8 Å². The van der Waals surface area contributed by atoms with Crippen molar-refractivity contribution in [3.05, 3.63) is 53.1 Å². The van der Waals surface area contributed by atoms with E-state index in [0.29, 0.717) is 12.1 Å². The van der Waals surface area contributed by atoms with Crippen LogP contribution in [0.1, 0.15) is 34.2 Å². The fourth-order valence-electron chi connectivity index (χ4n) is 2.71. The number of nitrogens with one attached hydrogen (secondary N) is 1. The molecule has 0 aromatic carbocycles. The molecule has 1 N–H and O–H groups in total. The highest BCUT2D eigenvalue weighted by Crippen LogP contribution is 2.16. The molecule has 0 radical (unpaired) electrons. The van der Waals surface area contributed by atoms with Gasteiger partial charge in [-0.05, 0) is 44.9 Å². The van der Waals surface area contributed by atoms with Crippen LogP contribution in [0.25, 0.3) is 5.52 Å². The van der Waals surface area contributed by atoms with E-state index in [1.807, 2.05) is 53.6 Å². The van der Waals surface area contributed by atoms with Crippen LogP contribution in [0.5, 0.6) is 0 Å². The zero-order valence-corrected chi connectivity index (χ0v) is 13.7. The van der Waals surface area contributed by atoms with Gasteiger partial charge in [-0.1, -0.05) is 6.07 Å². The predicted octanol–water partition coefficient (Wildman–Crippen LogP) is 2.14. The van der Waals surface area contributed by atoms with E-state index in [2.05, 4.69) is 22.4 Å². The van der Waals surface area contributed by atoms with Crippen molar-refractivity contribution in [3.63, 3.8) is 0 Å². The van der Waals surface area contributed by atoms with E-state index in [9.17, 15) is 4.79 Å². The molecule has 1 amide bonds. The minimum Gasteiger partial charge on any atom is -0.352 e. The van der Waals surface area contributed by atoms with Gasteiger partial charge in [-0.25, -0.2) is 4.52 Å². The van der Waals surface area contributed by atoms with E-state index in [1.54, 1.807) is 0 Å². The summed E-state index contributed by atoms with van der Waals surface area (Å²) < 4.78 is 3.70. The molecule has 6 nitrogen and oxygen atoms in total. The summed E-state index contributed by atoms with van der Waals surface area (Å²) in [6.45, 7) is 7.33. The lowest BCUT2D eigenvalue weighted by Gasteiger charge is -2.04. The fraction of sp³-hybridized carbons (Fsp3) is 0.353. The van der Waals surface area contributed by atoms with Crippen molar-refractivity contribution in [3.8, 4) is 0 Å². The highest BCUT2D eigenvalue weighted by Gasteiger charge is 2.17. The van der Waals surface area contributed by atoms with Crippen molar-refractivity contribution in [1.82, 2.24) is 24.7 Å². The Kier molecular flexibility index (Phi) is 4.14. The highest BCUT2D eigenvalue weighted by molar-refractivity contribution is 6.02. The van der Waals surface area contributed by atoms with E-state index < -0.39 is 0 Å². The van der Waals surface area contributed by atoms with Gasteiger partial charge in [0.1, 0.15) is 0 Å². The summed E-state index contributed by atoms with van der Waals surface area (Å²) in [5.74, 6) is -0.0778. The van der Waals surface area contributed by atoms with Crippen molar-refractivity contribution < 1.29 is 4.79 Å². The number of rotatable bonds is 5. The molecule has 0 aliphatic rings. The van der Waals surface area contributed by atoms with Gasteiger partial charge in [0, 0.05) is 25.0 Å². The molecule has 0 saturated heterocycles. The summed E-state index contributed by atoms with van der Waals surface area (Å²) in [6.07, 6.45) is 4.62. The second-order valence-corrected chi connectivity index (χ2v) is 5.63. The molecule has 0 aliphatic heterocycles. The summed E-state index contributed by atoms with van der Waals surface area (Å²) in [5, 5.41) is 11.7. The van der Waals surface area contributed by atoms with Gasteiger partial charge >= 0.3 is 0 Å². The molecule has 0 fully saturated rings. The monoisotopic (exact) mass is 311 g/mol. The molecular formula is C17H21N5O. The largest absolute Gasteiger partial charge is 0.352 e. The SMILES string of the molecule is CCn1cc(CCNC(=O)c2c(C)nn3c(C)cccc23)cn1. The first-order chi connectivity index (χ1) is 11.1. The van der Waals surface area contributed by atoms with Crippen LogP contribution in [0.3, 0.4) is 0 Å². The maximum Gasteiger partial charge on any atom is 0.255 e. The Morgan fingerprint density at radius 2 is 2.13 bits per heavy atom. The molecule has 120 valence electrons. The summed E-state index contributed by atoms with van der Waals surface area (Å²) in [4.78, 5) is 12.5. The third-order valence-corrected chi connectivity index (χ3v) is 3.96. The average molecular weight is 311 g/mol. The molecule has 0 atom stereocenters. The van der Waals surface area contributed by atoms with Crippen molar-refractivity contribution in [2.24, 2.45) is 0 Å². The lowest BCUT2D eigenvalue weighted by Crippen LogP contribution is -2.26. The van der Waals surface area contributed by atoms with Crippen LogP contribution in [0.15, 0.2) is 30.6 Å². The summed E-state index contributed by atoms with van der Waals surface area (Å²) in [6, 6.07) is 5.85. The van der Waals surface area contributed by atoms with Crippen LogP contribution in [0.4, 0.5) is 0 Å². The van der Waals surface area contributed by atoms with Crippen LogP contribution in [0.2, 0.25) is 0 Å². The number of fused-ring (bicyclic) bond motifs is 1. The molecule has 0 bridgehead atoms. The van der Waals surface area contributed by atoms with Gasteiger partial charge in [0.05, 0.1) is 23.0 Å². The molecule has 3 rings (SSSR count). The van der Waals surface area contributed by atoms with Gasteiger partial charge in [0.25, 0.3) is 5.91 Å². The number of hydrogen-bond donors (Lipinski definition) is 1. The van der Waals surface area contributed by atoms with Gasteiger partial charge in [0.15, 0.2) is 0 Å². The smallest absolute Gasteiger partial charge is 0.255 e. The number of hydrogen-bond acceptors (Lipinski definition) is 3. The number of pyridine rings is 1. The molecule has 0 saturated carbocycles. The summed E-state index contributed by atoms with van der Waals surface area (Å²) >= 11 is 0. The van der Waals surface area contributed by atoms with E-state index in [0.717, 1.165) is 35.4 Å². The predicted molar refractivity (Wildman–Crippen MR) is 88.6 cm³/mol. The van der Waals surface area contributed by atoms with Crippen molar-refractivity contribution in [2.45, 2.75) is 33.7 Å². The van der Waals surface area contributed by atoms with E-state index in [-0.39, 0.29) is 5.91 Å². The number of aryl methyl sites for hydroxylation is 3. The van der Waals surface area contributed by atoms with Crippen LogP contribution in [0, 0.1) is 13.8 Å². The fourth-order valence-corrected chi connectivity index (χ4v) is 2.71. The Bertz CT molecular complexity index is 846. The molecule has 23 heavy (non-hydrogen) atoms. The second kappa shape index (κ2) is 6.24. The quantitative estimate of drug-likeness (QED) is 0.785. The molecule has 0 unspecified atom stereocenters. The van der Waals surface area contributed by atoms with Gasteiger partial charge in [-0.15, -0.1) is 0 Å². The average Bonchev–Trinajstić information content (AvgIpc) is 3.11. The number of carbonyl (C=O) groups is 1. The molecule has 0 aliphatic carbocycles. The molecular weight excluding hydrogens is 290 g/mol. The molecule has 3 aromatic rings. The molecule has 0 spiro atoms. The first-order valence-corrected chi connectivity index (χ1v) is 7.84. The van der Waals surface area contributed by atoms with Crippen molar-refractivity contribution in [2.75, 3.05) is 6.54 Å². The maximum atomic E-state index is 12.5. The maximum absolute atomic E-state index is 12.5. The van der Waals surface area contributed by atoms with Crippen molar-refractivity contribution >= 4 is 11.4 Å². The number of aromatic nitrogens is 4. The second-order valence-electron chi connectivity index (χ2n) is 5.63.